The third kappa shape index (κ3) is 1.99. The molecule has 0 atom stereocenters. The predicted molar refractivity (Wildman–Crippen MR) is 56.8 cm³/mol. The highest BCUT2D eigenvalue weighted by Gasteiger charge is 2.14. The third-order valence-corrected chi connectivity index (χ3v) is 2.26. The number of hydrogen-bond donors (Lipinski definition) is 0. The van der Waals surface area contributed by atoms with Crippen molar-refractivity contribution >= 4 is 0 Å². The van der Waals surface area contributed by atoms with Crippen molar-refractivity contribution < 1.29 is 18.6 Å². The van der Waals surface area contributed by atoms with E-state index in [0.29, 0.717) is 17.2 Å². The van der Waals surface area contributed by atoms with E-state index in [2.05, 4.69) is 4.98 Å². The second kappa shape index (κ2) is 3.93. The Balaban J connectivity index is 1.86. The Morgan fingerprint density at radius 3 is 2.88 bits per heavy atom. The number of pyridine rings is 1. The van der Waals surface area contributed by atoms with E-state index in [9.17, 15) is 4.39 Å². The lowest BCUT2D eigenvalue weighted by Crippen LogP contribution is -1.93. The Morgan fingerprint density at radius 1 is 1.12 bits per heavy atom. The normalized spacial score (nSPS) is 12.5. The molecule has 0 spiro atoms. The molecule has 1 aromatic heterocycles. The second-order valence-electron chi connectivity index (χ2n) is 3.42. The van der Waals surface area contributed by atoms with Crippen LogP contribution in [0.15, 0.2) is 36.4 Å². The maximum absolute atomic E-state index is 12.9. The number of halogens is 1. The van der Waals surface area contributed by atoms with Gasteiger partial charge in [-0.05, 0) is 18.2 Å². The molecule has 0 saturated heterocycles. The SMILES string of the molecule is Fc1cccc(Oc2ccc3c(c2)OCO3)n1. The average molecular weight is 233 g/mol. The molecular formula is C12H8FNO3. The van der Waals surface area contributed by atoms with Gasteiger partial charge in [-0.25, -0.2) is 0 Å². The van der Waals surface area contributed by atoms with Gasteiger partial charge in [0.15, 0.2) is 11.5 Å². The van der Waals surface area contributed by atoms with Crippen molar-refractivity contribution in [2.75, 3.05) is 6.79 Å². The first-order valence-corrected chi connectivity index (χ1v) is 5.01. The van der Waals surface area contributed by atoms with E-state index in [-0.39, 0.29) is 12.7 Å². The van der Waals surface area contributed by atoms with E-state index in [4.69, 9.17) is 14.2 Å². The molecule has 0 saturated carbocycles. The van der Waals surface area contributed by atoms with Crippen LogP contribution in [-0.4, -0.2) is 11.8 Å². The minimum atomic E-state index is -0.580. The van der Waals surface area contributed by atoms with Gasteiger partial charge < -0.3 is 14.2 Å². The summed E-state index contributed by atoms with van der Waals surface area (Å²) in [6.07, 6.45) is 0. The summed E-state index contributed by atoms with van der Waals surface area (Å²) < 4.78 is 28.6. The quantitative estimate of drug-likeness (QED) is 0.748. The van der Waals surface area contributed by atoms with Crippen LogP contribution in [0.4, 0.5) is 4.39 Å². The van der Waals surface area contributed by atoms with Crippen molar-refractivity contribution in [1.29, 1.82) is 0 Å². The van der Waals surface area contributed by atoms with Gasteiger partial charge in [0.2, 0.25) is 18.6 Å². The molecule has 2 aromatic rings. The summed E-state index contributed by atoms with van der Waals surface area (Å²) in [5, 5.41) is 0. The lowest BCUT2D eigenvalue weighted by atomic mass is 10.3. The summed E-state index contributed by atoms with van der Waals surface area (Å²) in [5.41, 5.74) is 0. The molecule has 1 aromatic carbocycles. The lowest BCUT2D eigenvalue weighted by Gasteiger charge is -2.05. The Hall–Kier alpha value is -2.30. The Morgan fingerprint density at radius 2 is 2.00 bits per heavy atom. The van der Waals surface area contributed by atoms with E-state index in [1.54, 1.807) is 24.3 Å². The highest BCUT2D eigenvalue weighted by atomic mass is 19.1. The standard InChI is InChI=1S/C12H8FNO3/c13-11-2-1-3-12(14-11)17-8-4-5-9-10(6-8)16-7-15-9/h1-6H,7H2. The molecule has 4 nitrogen and oxygen atoms in total. The number of hydrogen-bond acceptors (Lipinski definition) is 4. The highest BCUT2D eigenvalue weighted by molar-refractivity contribution is 5.47. The van der Waals surface area contributed by atoms with Crippen molar-refractivity contribution in [3.05, 3.63) is 42.3 Å². The molecule has 1 aliphatic heterocycles. The molecule has 2 heterocycles. The molecule has 0 fully saturated rings. The fourth-order valence-corrected chi connectivity index (χ4v) is 1.51. The van der Waals surface area contributed by atoms with E-state index in [1.807, 2.05) is 0 Å². The Bertz CT molecular complexity index is 559. The van der Waals surface area contributed by atoms with Crippen molar-refractivity contribution in [2.24, 2.45) is 0 Å². The van der Waals surface area contributed by atoms with Gasteiger partial charge in [-0.3, -0.25) is 0 Å². The fraction of sp³-hybridized carbons (Fsp3) is 0.0833. The molecule has 0 bridgehead atoms. The molecule has 1 aliphatic rings. The van der Waals surface area contributed by atoms with Crippen LogP contribution in [0, 0.1) is 5.95 Å². The Kier molecular flexibility index (Phi) is 2.29. The zero-order valence-corrected chi connectivity index (χ0v) is 8.72. The zero-order chi connectivity index (χ0) is 11.7. The van der Waals surface area contributed by atoms with Gasteiger partial charge in [-0.1, -0.05) is 6.07 Å². The number of benzene rings is 1. The van der Waals surface area contributed by atoms with E-state index >= 15 is 0 Å². The van der Waals surface area contributed by atoms with Gasteiger partial charge in [-0.15, -0.1) is 0 Å². The van der Waals surface area contributed by atoms with Crippen LogP contribution in [0.5, 0.6) is 23.1 Å². The molecule has 0 radical (unpaired) electrons. The third-order valence-electron chi connectivity index (χ3n) is 2.26. The van der Waals surface area contributed by atoms with Crippen molar-refractivity contribution in [2.45, 2.75) is 0 Å². The van der Waals surface area contributed by atoms with E-state index < -0.39 is 5.95 Å². The second-order valence-corrected chi connectivity index (χ2v) is 3.42. The molecule has 86 valence electrons. The van der Waals surface area contributed by atoms with Crippen LogP contribution in [0.1, 0.15) is 0 Å². The maximum atomic E-state index is 12.9. The number of nitrogens with zero attached hydrogens (tertiary/aromatic N) is 1. The van der Waals surface area contributed by atoms with Crippen LogP contribution in [-0.2, 0) is 0 Å². The summed E-state index contributed by atoms with van der Waals surface area (Å²) in [6.45, 7) is 0.205. The number of fused-ring (bicyclic) bond motifs is 1. The number of aromatic nitrogens is 1. The summed E-state index contributed by atoms with van der Waals surface area (Å²) in [5.74, 6) is 1.42. The van der Waals surface area contributed by atoms with Crippen LogP contribution >= 0.6 is 0 Å². The van der Waals surface area contributed by atoms with Crippen molar-refractivity contribution in [3.63, 3.8) is 0 Å². The number of rotatable bonds is 2. The van der Waals surface area contributed by atoms with Crippen molar-refractivity contribution in [1.82, 2.24) is 4.98 Å². The van der Waals surface area contributed by atoms with Gasteiger partial charge in [0.25, 0.3) is 0 Å². The molecule has 0 amide bonds. The van der Waals surface area contributed by atoms with Crippen molar-refractivity contribution in [3.8, 4) is 23.1 Å². The van der Waals surface area contributed by atoms with Crippen LogP contribution in [0.3, 0.4) is 0 Å². The summed E-state index contributed by atoms with van der Waals surface area (Å²) >= 11 is 0. The highest BCUT2D eigenvalue weighted by Crippen LogP contribution is 2.36. The minimum Gasteiger partial charge on any atom is -0.454 e. The minimum absolute atomic E-state index is 0.198. The average Bonchev–Trinajstić information content (AvgIpc) is 2.76. The molecule has 5 heteroatoms. The summed E-state index contributed by atoms with van der Waals surface area (Å²) in [6, 6.07) is 9.48. The van der Waals surface area contributed by atoms with E-state index in [0.717, 1.165) is 0 Å². The smallest absolute Gasteiger partial charge is 0.231 e. The number of ether oxygens (including phenoxy) is 3. The first-order chi connectivity index (χ1) is 8.31. The van der Waals surface area contributed by atoms with Crippen LogP contribution in [0.2, 0.25) is 0 Å². The van der Waals surface area contributed by atoms with E-state index in [1.165, 1.54) is 12.1 Å². The van der Waals surface area contributed by atoms with Gasteiger partial charge in [0, 0.05) is 12.1 Å². The lowest BCUT2D eigenvalue weighted by molar-refractivity contribution is 0.174. The van der Waals surface area contributed by atoms with Gasteiger partial charge in [-0.2, -0.15) is 9.37 Å². The molecule has 0 N–H and O–H groups in total. The first-order valence-electron chi connectivity index (χ1n) is 5.01. The predicted octanol–water partition coefficient (Wildman–Crippen LogP) is 2.74. The van der Waals surface area contributed by atoms with Gasteiger partial charge in [0.1, 0.15) is 5.75 Å². The summed E-state index contributed by atoms with van der Waals surface area (Å²) in [4.78, 5) is 3.60. The van der Waals surface area contributed by atoms with Crippen LogP contribution in [0.25, 0.3) is 0 Å². The molecule has 0 unspecified atom stereocenters. The first kappa shape index (κ1) is 9.89. The summed E-state index contributed by atoms with van der Waals surface area (Å²) in [7, 11) is 0. The Labute approximate surface area is 96.6 Å². The zero-order valence-electron chi connectivity index (χ0n) is 8.72. The largest absolute Gasteiger partial charge is 0.454 e. The molecule has 17 heavy (non-hydrogen) atoms. The van der Waals surface area contributed by atoms with Crippen LogP contribution < -0.4 is 14.2 Å². The fourth-order valence-electron chi connectivity index (χ4n) is 1.51. The molecule has 0 aliphatic carbocycles. The molecule has 3 rings (SSSR count). The topological polar surface area (TPSA) is 40.6 Å². The van der Waals surface area contributed by atoms with Gasteiger partial charge in [0.05, 0.1) is 0 Å². The monoisotopic (exact) mass is 233 g/mol. The maximum Gasteiger partial charge on any atom is 0.231 e. The van der Waals surface area contributed by atoms with Gasteiger partial charge >= 0.3 is 0 Å². The molecular weight excluding hydrogens is 225 g/mol.